The zero-order valence-electron chi connectivity index (χ0n) is 10.2. The van der Waals surface area contributed by atoms with E-state index in [9.17, 15) is 5.11 Å². The molecule has 0 saturated heterocycles. The molecule has 1 aliphatic rings. The molecule has 2 atom stereocenters. The maximum atomic E-state index is 9.94. The zero-order valence-corrected chi connectivity index (χ0v) is 10.2. The standard InChI is InChI=1S/C13H24O/c1-10(2)6-8-13(5)9-7-11(14)12(13,3)4/h6,11,14H,7-9H2,1-5H3/t11-,13-/m0/s1. The zero-order chi connectivity index (χ0) is 11.0. The fourth-order valence-electron chi connectivity index (χ4n) is 2.34. The van der Waals surface area contributed by atoms with E-state index in [2.05, 4.69) is 40.7 Å². The molecule has 0 amide bonds. The van der Waals surface area contributed by atoms with Gasteiger partial charge in [-0.3, -0.25) is 0 Å². The summed E-state index contributed by atoms with van der Waals surface area (Å²) in [6, 6.07) is 0. The maximum Gasteiger partial charge on any atom is 0.0596 e. The summed E-state index contributed by atoms with van der Waals surface area (Å²) in [4.78, 5) is 0. The van der Waals surface area contributed by atoms with Gasteiger partial charge in [0.15, 0.2) is 0 Å². The fraction of sp³-hybridized carbons (Fsp3) is 0.846. The Bertz CT molecular complexity index is 236. The van der Waals surface area contributed by atoms with Crippen LogP contribution < -0.4 is 0 Å². The molecule has 1 aliphatic carbocycles. The van der Waals surface area contributed by atoms with Gasteiger partial charge in [-0.2, -0.15) is 0 Å². The molecule has 1 fully saturated rings. The molecule has 1 heteroatoms. The molecule has 1 rings (SSSR count). The third-order valence-corrected chi connectivity index (χ3v) is 4.32. The molecule has 0 spiro atoms. The quantitative estimate of drug-likeness (QED) is 0.670. The van der Waals surface area contributed by atoms with Crippen LogP contribution in [-0.2, 0) is 0 Å². The summed E-state index contributed by atoms with van der Waals surface area (Å²) in [7, 11) is 0. The average Bonchev–Trinajstić information content (AvgIpc) is 2.27. The van der Waals surface area contributed by atoms with Crippen LogP contribution in [0.15, 0.2) is 11.6 Å². The van der Waals surface area contributed by atoms with Gasteiger partial charge in [0.1, 0.15) is 0 Å². The number of aliphatic hydroxyl groups excluding tert-OH is 1. The van der Waals surface area contributed by atoms with E-state index in [1.54, 1.807) is 0 Å². The molecule has 0 aromatic rings. The van der Waals surface area contributed by atoms with Gasteiger partial charge in [-0.05, 0) is 43.9 Å². The molecule has 1 saturated carbocycles. The van der Waals surface area contributed by atoms with Crippen molar-refractivity contribution in [3.63, 3.8) is 0 Å². The Balaban J connectivity index is 2.80. The fourth-order valence-corrected chi connectivity index (χ4v) is 2.34. The molecule has 0 heterocycles. The summed E-state index contributed by atoms with van der Waals surface area (Å²) in [6.45, 7) is 11.0. The Morgan fingerprint density at radius 3 is 2.29 bits per heavy atom. The van der Waals surface area contributed by atoms with Crippen LogP contribution in [0, 0.1) is 10.8 Å². The minimum absolute atomic E-state index is 0.0545. The smallest absolute Gasteiger partial charge is 0.0596 e. The van der Waals surface area contributed by atoms with Crippen molar-refractivity contribution in [3.8, 4) is 0 Å². The predicted molar refractivity (Wildman–Crippen MR) is 61.2 cm³/mol. The molecule has 0 bridgehead atoms. The summed E-state index contributed by atoms with van der Waals surface area (Å²) >= 11 is 0. The Kier molecular flexibility index (Phi) is 3.10. The lowest BCUT2D eigenvalue weighted by molar-refractivity contribution is 0.0134. The number of hydrogen-bond donors (Lipinski definition) is 1. The maximum absolute atomic E-state index is 9.94. The van der Waals surface area contributed by atoms with Crippen LogP contribution in [0.4, 0.5) is 0 Å². The second-order valence-corrected chi connectivity index (χ2v) is 5.82. The van der Waals surface area contributed by atoms with Crippen LogP contribution in [-0.4, -0.2) is 11.2 Å². The Morgan fingerprint density at radius 1 is 1.36 bits per heavy atom. The Morgan fingerprint density at radius 2 is 1.93 bits per heavy atom. The van der Waals surface area contributed by atoms with Crippen molar-refractivity contribution in [2.45, 2.75) is 60.0 Å². The summed E-state index contributed by atoms with van der Waals surface area (Å²) < 4.78 is 0. The number of allylic oxidation sites excluding steroid dienone is 2. The van der Waals surface area contributed by atoms with Crippen molar-refractivity contribution in [1.82, 2.24) is 0 Å². The van der Waals surface area contributed by atoms with Crippen molar-refractivity contribution in [2.75, 3.05) is 0 Å². The highest BCUT2D eigenvalue weighted by atomic mass is 16.3. The van der Waals surface area contributed by atoms with E-state index in [0.29, 0.717) is 0 Å². The molecule has 0 radical (unpaired) electrons. The third-order valence-electron chi connectivity index (χ3n) is 4.32. The molecule has 0 unspecified atom stereocenters. The summed E-state index contributed by atoms with van der Waals surface area (Å²) in [6.07, 6.45) is 5.38. The first-order valence-electron chi connectivity index (χ1n) is 5.61. The summed E-state index contributed by atoms with van der Waals surface area (Å²) in [5, 5.41) is 9.94. The highest BCUT2D eigenvalue weighted by Crippen LogP contribution is 2.54. The number of rotatable bonds is 2. The van der Waals surface area contributed by atoms with E-state index in [-0.39, 0.29) is 16.9 Å². The van der Waals surface area contributed by atoms with Gasteiger partial charge in [-0.1, -0.05) is 32.4 Å². The lowest BCUT2D eigenvalue weighted by Gasteiger charge is -2.39. The van der Waals surface area contributed by atoms with Gasteiger partial charge in [-0.25, -0.2) is 0 Å². The molecule has 0 aromatic carbocycles. The molecule has 82 valence electrons. The van der Waals surface area contributed by atoms with E-state index < -0.39 is 0 Å². The van der Waals surface area contributed by atoms with Gasteiger partial charge >= 0.3 is 0 Å². The second kappa shape index (κ2) is 3.69. The number of aliphatic hydroxyl groups is 1. The average molecular weight is 196 g/mol. The number of hydrogen-bond acceptors (Lipinski definition) is 1. The van der Waals surface area contributed by atoms with Crippen molar-refractivity contribution in [2.24, 2.45) is 10.8 Å². The van der Waals surface area contributed by atoms with E-state index in [4.69, 9.17) is 0 Å². The molecule has 0 aromatic heterocycles. The van der Waals surface area contributed by atoms with E-state index >= 15 is 0 Å². The van der Waals surface area contributed by atoms with Crippen molar-refractivity contribution < 1.29 is 5.11 Å². The highest BCUT2D eigenvalue weighted by molar-refractivity contribution is 5.06. The van der Waals surface area contributed by atoms with E-state index in [0.717, 1.165) is 19.3 Å². The van der Waals surface area contributed by atoms with E-state index in [1.807, 2.05) is 0 Å². The first-order valence-corrected chi connectivity index (χ1v) is 5.61. The van der Waals surface area contributed by atoms with Gasteiger partial charge in [0.2, 0.25) is 0 Å². The Hall–Kier alpha value is -0.300. The van der Waals surface area contributed by atoms with Gasteiger partial charge in [-0.15, -0.1) is 0 Å². The molecular formula is C13H24O. The van der Waals surface area contributed by atoms with Crippen LogP contribution in [0.1, 0.15) is 53.9 Å². The summed E-state index contributed by atoms with van der Waals surface area (Å²) in [5.74, 6) is 0. The van der Waals surface area contributed by atoms with Gasteiger partial charge in [0.25, 0.3) is 0 Å². The van der Waals surface area contributed by atoms with Crippen LogP contribution in [0.2, 0.25) is 0 Å². The largest absolute Gasteiger partial charge is 0.393 e. The SMILES string of the molecule is CC(C)=CC[C@@]1(C)CC[C@H](O)C1(C)C. The lowest BCUT2D eigenvalue weighted by atomic mass is 9.66. The molecular weight excluding hydrogens is 172 g/mol. The molecule has 14 heavy (non-hydrogen) atoms. The molecule has 1 nitrogen and oxygen atoms in total. The summed E-state index contributed by atoms with van der Waals surface area (Å²) in [5.41, 5.74) is 1.70. The highest BCUT2D eigenvalue weighted by Gasteiger charge is 2.49. The molecule has 0 aliphatic heterocycles. The third kappa shape index (κ3) is 1.88. The van der Waals surface area contributed by atoms with Crippen molar-refractivity contribution in [3.05, 3.63) is 11.6 Å². The second-order valence-electron chi connectivity index (χ2n) is 5.82. The van der Waals surface area contributed by atoms with Crippen molar-refractivity contribution in [1.29, 1.82) is 0 Å². The van der Waals surface area contributed by atoms with Crippen LogP contribution in [0.3, 0.4) is 0 Å². The first kappa shape index (κ1) is 11.8. The Labute approximate surface area is 88.2 Å². The minimum atomic E-state index is -0.127. The predicted octanol–water partition coefficient (Wildman–Crippen LogP) is 3.53. The van der Waals surface area contributed by atoms with Crippen molar-refractivity contribution >= 4 is 0 Å². The van der Waals surface area contributed by atoms with Crippen LogP contribution in [0.5, 0.6) is 0 Å². The van der Waals surface area contributed by atoms with Gasteiger partial charge in [0.05, 0.1) is 6.10 Å². The molecule has 1 N–H and O–H groups in total. The van der Waals surface area contributed by atoms with Crippen LogP contribution >= 0.6 is 0 Å². The van der Waals surface area contributed by atoms with E-state index in [1.165, 1.54) is 5.57 Å². The topological polar surface area (TPSA) is 20.2 Å². The minimum Gasteiger partial charge on any atom is -0.393 e. The van der Waals surface area contributed by atoms with Gasteiger partial charge < -0.3 is 5.11 Å². The van der Waals surface area contributed by atoms with Gasteiger partial charge in [0, 0.05) is 0 Å². The van der Waals surface area contributed by atoms with Crippen LogP contribution in [0.25, 0.3) is 0 Å². The lowest BCUT2D eigenvalue weighted by Crippen LogP contribution is -2.36. The first-order chi connectivity index (χ1) is 6.29. The monoisotopic (exact) mass is 196 g/mol. The normalized spacial score (nSPS) is 35.7.